The molecule has 2 N–H and O–H groups in total. The molecule has 0 unspecified atom stereocenters. The first kappa shape index (κ1) is 17.2. The van der Waals surface area contributed by atoms with E-state index in [1.807, 2.05) is 0 Å². The van der Waals surface area contributed by atoms with Crippen molar-refractivity contribution in [2.24, 2.45) is 0 Å². The number of hydrogen-bond acceptors (Lipinski definition) is 6. The Hall–Kier alpha value is -4.25. The van der Waals surface area contributed by atoms with Gasteiger partial charge in [-0.3, -0.25) is 29.8 Å². The molecule has 1 aromatic heterocycles. The van der Waals surface area contributed by atoms with Crippen LogP contribution in [0.1, 0.15) is 33.4 Å². The number of imide groups is 2. The number of rotatable bonds is 2. The van der Waals surface area contributed by atoms with Crippen molar-refractivity contribution >= 4 is 29.7 Å². The zero-order chi connectivity index (χ0) is 20.0. The van der Waals surface area contributed by atoms with Crippen LogP contribution in [-0.2, 0) is 9.59 Å². The molecule has 0 saturated carbocycles. The summed E-state index contributed by atoms with van der Waals surface area (Å²) in [6.45, 7) is 1.51. The lowest BCUT2D eigenvalue weighted by molar-refractivity contribution is -0.126. The fourth-order valence-electron chi connectivity index (χ4n) is 3.07. The van der Waals surface area contributed by atoms with Crippen molar-refractivity contribution in [3.63, 3.8) is 0 Å². The lowest BCUT2D eigenvalue weighted by atomic mass is 9.96. The van der Waals surface area contributed by atoms with Gasteiger partial charge in [0.25, 0.3) is 23.6 Å². The number of nitrogens with zero attached hydrogens (tertiary/aromatic N) is 1. The molecule has 4 amide bonds. The Balaban J connectivity index is 1.71. The number of benzene rings is 1. The second kappa shape index (κ2) is 6.17. The van der Waals surface area contributed by atoms with Gasteiger partial charge in [0, 0.05) is 11.1 Å². The Labute approximate surface area is 158 Å². The first-order chi connectivity index (χ1) is 13.4. The fourth-order valence-corrected chi connectivity index (χ4v) is 3.07. The van der Waals surface area contributed by atoms with E-state index >= 15 is 0 Å². The van der Waals surface area contributed by atoms with Gasteiger partial charge in [-0.1, -0.05) is 6.07 Å². The molecule has 28 heavy (non-hydrogen) atoms. The molecule has 2 aliphatic rings. The van der Waals surface area contributed by atoms with Crippen LogP contribution in [0.15, 0.2) is 51.5 Å². The summed E-state index contributed by atoms with van der Waals surface area (Å²) in [4.78, 5) is 47.2. The van der Waals surface area contributed by atoms with Crippen LogP contribution in [0.4, 0.5) is 0 Å². The van der Waals surface area contributed by atoms with E-state index in [0.717, 1.165) is 0 Å². The molecule has 1 aromatic carbocycles. The van der Waals surface area contributed by atoms with E-state index in [2.05, 4.69) is 10.6 Å². The van der Waals surface area contributed by atoms with Gasteiger partial charge in [0.2, 0.25) is 0 Å². The van der Waals surface area contributed by atoms with Crippen LogP contribution in [0.2, 0.25) is 0 Å². The first-order valence-electron chi connectivity index (χ1n) is 8.17. The normalized spacial score (nSPS) is 17.5. The Morgan fingerprint density at radius 1 is 0.929 bits per heavy atom. The molecule has 136 valence electrons. The van der Waals surface area contributed by atoms with Crippen LogP contribution in [0.5, 0.6) is 0 Å². The Kier molecular flexibility index (Phi) is 3.79. The highest BCUT2D eigenvalue weighted by molar-refractivity contribution is 6.22. The Morgan fingerprint density at radius 2 is 1.64 bits per heavy atom. The minimum absolute atomic E-state index is 0.132. The molecule has 0 radical (unpaired) electrons. The van der Waals surface area contributed by atoms with Gasteiger partial charge < -0.3 is 4.42 Å². The van der Waals surface area contributed by atoms with Gasteiger partial charge in [0.05, 0.1) is 11.1 Å². The lowest BCUT2D eigenvalue weighted by Gasteiger charge is -2.15. The summed E-state index contributed by atoms with van der Waals surface area (Å²) in [5.74, 6) is -1.50. The molecule has 0 atom stereocenters. The highest BCUT2D eigenvalue weighted by Crippen LogP contribution is 2.29. The van der Waals surface area contributed by atoms with Crippen molar-refractivity contribution in [1.82, 2.24) is 10.6 Å². The van der Waals surface area contributed by atoms with E-state index in [9.17, 15) is 19.2 Å². The number of carbonyl (C=O) groups is 4. The average Bonchev–Trinajstić information content (AvgIpc) is 3.23. The molecule has 2 aliphatic heterocycles. The van der Waals surface area contributed by atoms with Gasteiger partial charge in [0.15, 0.2) is 0 Å². The topological polar surface area (TPSA) is 129 Å². The zero-order valence-electron chi connectivity index (χ0n) is 14.5. The maximum Gasteiger partial charge on any atom is 0.269 e. The number of hydrogen-bond donors (Lipinski definition) is 2. The summed E-state index contributed by atoms with van der Waals surface area (Å²) >= 11 is 0. The van der Waals surface area contributed by atoms with Crippen LogP contribution in [-0.4, -0.2) is 23.6 Å². The van der Waals surface area contributed by atoms with E-state index in [0.29, 0.717) is 22.6 Å². The SMILES string of the molecule is CC1=C(C#N)C(=O)NC(=O)C1=Cc1ccc(-c2ccc3c(c2)C(=O)NC3=O)o1. The highest BCUT2D eigenvalue weighted by Gasteiger charge is 2.28. The predicted octanol–water partition coefficient (Wildman–Crippen LogP) is 1.71. The minimum Gasteiger partial charge on any atom is -0.457 e. The third-order valence-corrected chi connectivity index (χ3v) is 4.52. The van der Waals surface area contributed by atoms with Gasteiger partial charge in [-0.2, -0.15) is 5.26 Å². The van der Waals surface area contributed by atoms with Crippen LogP contribution in [0, 0.1) is 11.3 Å². The smallest absolute Gasteiger partial charge is 0.269 e. The summed E-state index contributed by atoms with van der Waals surface area (Å²) in [6, 6.07) is 9.79. The number of nitrogens with one attached hydrogen (secondary N) is 2. The molecule has 0 saturated heterocycles. The summed E-state index contributed by atoms with van der Waals surface area (Å²) in [5, 5.41) is 13.4. The monoisotopic (exact) mass is 373 g/mol. The maximum atomic E-state index is 12.1. The minimum atomic E-state index is -0.728. The van der Waals surface area contributed by atoms with Crippen LogP contribution in [0.25, 0.3) is 17.4 Å². The second-order valence-electron chi connectivity index (χ2n) is 6.20. The molecule has 0 bridgehead atoms. The van der Waals surface area contributed by atoms with Crippen molar-refractivity contribution in [1.29, 1.82) is 5.26 Å². The van der Waals surface area contributed by atoms with Crippen molar-refractivity contribution in [3.8, 4) is 17.4 Å². The molecule has 8 nitrogen and oxygen atoms in total. The zero-order valence-corrected chi connectivity index (χ0v) is 14.5. The number of amides is 4. The highest BCUT2D eigenvalue weighted by atomic mass is 16.3. The van der Waals surface area contributed by atoms with E-state index in [4.69, 9.17) is 9.68 Å². The number of carbonyl (C=O) groups excluding carboxylic acids is 4. The van der Waals surface area contributed by atoms with E-state index in [1.165, 1.54) is 19.1 Å². The number of furan rings is 1. The van der Waals surface area contributed by atoms with Gasteiger partial charge >= 0.3 is 0 Å². The van der Waals surface area contributed by atoms with Gasteiger partial charge in [0.1, 0.15) is 23.2 Å². The molecule has 4 rings (SSSR count). The van der Waals surface area contributed by atoms with E-state index < -0.39 is 23.6 Å². The molecular formula is C20H11N3O5. The molecule has 0 aliphatic carbocycles. The van der Waals surface area contributed by atoms with Crippen LogP contribution < -0.4 is 10.6 Å². The summed E-state index contributed by atoms with van der Waals surface area (Å²) in [5.41, 5.74) is 1.43. The number of nitriles is 1. The third-order valence-electron chi connectivity index (χ3n) is 4.52. The van der Waals surface area contributed by atoms with Gasteiger partial charge in [-0.15, -0.1) is 0 Å². The summed E-state index contributed by atoms with van der Waals surface area (Å²) < 4.78 is 5.72. The molecule has 0 fully saturated rings. The molecule has 2 aromatic rings. The van der Waals surface area contributed by atoms with E-state index in [1.54, 1.807) is 30.3 Å². The second-order valence-corrected chi connectivity index (χ2v) is 6.20. The molecule has 3 heterocycles. The van der Waals surface area contributed by atoms with Crippen LogP contribution in [0.3, 0.4) is 0 Å². The lowest BCUT2D eigenvalue weighted by Crippen LogP contribution is -2.37. The van der Waals surface area contributed by atoms with Crippen LogP contribution >= 0.6 is 0 Å². The molecule has 8 heteroatoms. The van der Waals surface area contributed by atoms with Gasteiger partial charge in [-0.25, -0.2) is 0 Å². The first-order valence-corrected chi connectivity index (χ1v) is 8.17. The maximum absolute atomic E-state index is 12.1. The quantitative estimate of drug-likeness (QED) is 0.609. The Bertz CT molecular complexity index is 1210. The summed E-state index contributed by atoms with van der Waals surface area (Å²) in [7, 11) is 0. The average molecular weight is 373 g/mol. The largest absolute Gasteiger partial charge is 0.457 e. The predicted molar refractivity (Wildman–Crippen MR) is 95.4 cm³/mol. The summed E-state index contributed by atoms with van der Waals surface area (Å²) in [6.07, 6.45) is 1.43. The fraction of sp³-hybridized carbons (Fsp3) is 0.0500. The molecular weight excluding hydrogens is 362 g/mol. The van der Waals surface area contributed by atoms with Crippen molar-refractivity contribution in [3.05, 3.63) is 63.9 Å². The standard InChI is InChI=1S/C20H11N3O5/c1-9-13(18(25)23-20(27)15(9)8-21)7-11-3-5-16(28-11)10-2-4-12-14(6-10)19(26)22-17(12)24/h2-7H,1H3,(H,22,24,26)(H,23,25,27). The van der Waals surface area contributed by atoms with Crippen molar-refractivity contribution < 1.29 is 23.6 Å². The Morgan fingerprint density at radius 3 is 2.39 bits per heavy atom. The van der Waals surface area contributed by atoms with Crippen molar-refractivity contribution in [2.75, 3.05) is 0 Å². The third kappa shape index (κ3) is 2.62. The molecule has 0 spiro atoms. The van der Waals surface area contributed by atoms with Gasteiger partial charge in [-0.05, 0) is 42.8 Å². The number of fused-ring (bicyclic) bond motifs is 1. The van der Waals surface area contributed by atoms with E-state index in [-0.39, 0.29) is 22.3 Å². The van der Waals surface area contributed by atoms with Crippen molar-refractivity contribution in [2.45, 2.75) is 6.92 Å².